The molecule has 2 heterocycles. The number of benzene rings is 2. The number of methoxy groups -OCH3 is 1. The second-order valence-electron chi connectivity index (χ2n) is 6.63. The van der Waals surface area contributed by atoms with E-state index in [-0.39, 0.29) is 0 Å². The molecule has 0 saturated carbocycles. The number of nitrogens with zero attached hydrogens (tertiary/aromatic N) is 3. The van der Waals surface area contributed by atoms with Gasteiger partial charge >= 0.3 is 0 Å². The minimum Gasteiger partial charge on any atom is -0.493 e. The first-order chi connectivity index (χ1) is 15.3. The summed E-state index contributed by atoms with van der Waals surface area (Å²) in [6.07, 6.45) is 5.25. The van der Waals surface area contributed by atoms with Crippen molar-refractivity contribution in [3.63, 3.8) is 0 Å². The fourth-order valence-electron chi connectivity index (χ4n) is 2.99. The Kier molecular flexibility index (Phi) is 6.36. The molecule has 0 radical (unpaired) electrons. The van der Waals surface area contributed by atoms with Crippen LogP contribution in [0.5, 0.6) is 11.5 Å². The molecular weight excluding hydrogens is 406 g/mol. The van der Waals surface area contributed by atoms with E-state index >= 15 is 0 Å². The normalized spacial score (nSPS) is 11.0. The zero-order valence-corrected chi connectivity index (χ0v) is 17.7. The van der Waals surface area contributed by atoms with Gasteiger partial charge in [-0.25, -0.2) is 4.98 Å². The van der Waals surface area contributed by atoms with Crippen LogP contribution in [0.4, 0.5) is 0 Å². The summed E-state index contributed by atoms with van der Waals surface area (Å²) in [7, 11) is 1.60. The summed E-state index contributed by atoms with van der Waals surface area (Å²) in [5.41, 5.74) is 4.20. The van der Waals surface area contributed by atoms with Crippen LogP contribution in [0, 0.1) is 11.3 Å². The van der Waals surface area contributed by atoms with Crippen LogP contribution in [-0.4, -0.2) is 17.1 Å². The van der Waals surface area contributed by atoms with Gasteiger partial charge in [0, 0.05) is 23.3 Å². The second-order valence-corrected chi connectivity index (χ2v) is 7.49. The van der Waals surface area contributed by atoms with Crippen molar-refractivity contribution >= 4 is 23.0 Å². The molecule has 0 aliphatic heterocycles. The molecule has 0 N–H and O–H groups in total. The van der Waals surface area contributed by atoms with Crippen molar-refractivity contribution in [1.82, 2.24) is 9.97 Å². The average Bonchev–Trinajstić information content (AvgIpc) is 3.33. The van der Waals surface area contributed by atoms with Crippen LogP contribution in [0.1, 0.15) is 16.1 Å². The van der Waals surface area contributed by atoms with Crippen LogP contribution in [0.25, 0.3) is 22.9 Å². The lowest BCUT2D eigenvalue weighted by molar-refractivity contribution is 0.284. The van der Waals surface area contributed by atoms with Gasteiger partial charge in [-0.05, 0) is 41.5 Å². The van der Waals surface area contributed by atoms with E-state index in [2.05, 4.69) is 16.0 Å². The number of ether oxygens (including phenoxy) is 2. The molecule has 152 valence electrons. The van der Waals surface area contributed by atoms with Crippen molar-refractivity contribution in [3.05, 3.63) is 94.6 Å². The highest BCUT2D eigenvalue weighted by Crippen LogP contribution is 2.31. The Morgan fingerprint density at radius 1 is 1.06 bits per heavy atom. The molecule has 0 aliphatic carbocycles. The highest BCUT2D eigenvalue weighted by molar-refractivity contribution is 7.11. The maximum absolute atomic E-state index is 9.69. The predicted octanol–water partition coefficient (Wildman–Crippen LogP) is 5.86. The summed E-state index contributed by atoms with van der Waals surface area (Å²) >= 11 is 1.44. The molecule has 4 aromatic rings. The van der Waals surface area contributed by atoms with E-state index in [0.717, 1.165) is 22.4 Å². The molecule has 0 aliphatic rings. The Bertz CT molecular complexity index is 1230. The van der Waals surface area contributed by atoms with Crippen molar-refractivity contribution in [1.29, 1.82) is 5.26 Å². The number of hydrogen-bond acceptors (Lipinski definition) is 6. The molecule has 5 nitrogen and oxygen atoms in total. The van der Waals surface area contributed by atoms with Gasteiger partial charge < -0.3 is 9.47 Å². The molecule has 0 amide bonds. The van der Waals surface area contributed by atoms with Gasteiger partial charge in [-0.3, -0.25) is 4.98 Å². The third-order valence-electron chi connectivity index (χ3n) is 4.57. The van der Waals surface area contributed by atoms with E-state index < -0.39 is 0 Å². The van der Waals surface area contributed by atoms with E-state index in [0.29, 0.717) is 28.7 Å². The van der Waals surface area contributed by atoms with Crippen LogP contribution in [0.15, 0.2) is 78.4 Å². The van der Waals surface area contributed by atoms with Gasteiger partial charge in [0.25, 0.3) is 0 Å². The van der Waals surface area contributed by atoms with Crippen molar-refractivity contribution in [2.24, 2.45) is 0 Å². The minimum absolute atomic E-state index is 0.451. The van der Waals surface area contributed by atoms with Gasteiger partial charge in [0.1, 0.15) is 17.7 Å². The smallest absolute Gasteiger partial charge is 0.161 e. The van der Waals surface area contributed by atoms with Crippen LogP contribution >= 0.6 is 11.3 Å². The molecule has 0 fully saturated rings. The van der Waals surface area contributed by atoms with Crippen LogP contribution in [0.3, 0.4) is 0 Å². The van der Waals surface area contributed by atoms with E-state index in [9.17, 15) is 5.26 Å². The molecular formula is C25H19N3O2S. The highest BCUT2D eigenvalue weighted by atomic mass is 32.1. The molecule has 0 saturated heterocycles. The molecule has 4 rings (SSSR count). The third-order valence-corrected chi connectivity index (χ3v) is 5.44. The topological polar surface area (TPSA) is 68.0 Å². The molecule has 31 heavy (non-hydrogen) atoms. The maximum atomic E-state index is 9.69. The van der Waals surface area contributed by atoms with Gasteiger partial charge in [0.15, 0.2) is 11.5 Å². The summed E-state index contributed by atoms with van der Waals surface area (Å²) in [5, 5.41) is 12.3. The van der Waals surface area contributed by atoms with Crippen molar-refractivity contribution in [2.45, 2.75) is 6.61 Å². The lowest BCUT2D eigenvalue weighted by Crippen LogP contribution is -1.97. The Balaban J connectivity index is 1.55. The van der Waals surface area contributed by atoms with Gasteiger partial charge in [-0.15, -0.1) is 11.3 Å². The van der Waals surface area contributed by atoms with E-state index in [4.69, 9.17) is 9.47 Å². The zero-order chi connectivity index (χ0) is 21.5. The summed E-state index contributed by atoms with van der Waals surface area (Å²) in [6, 6.07) is 21.6. The molecule has 6 heteroatoms. The monoisotopic (exact) mass is 425 g/mol. The van der Waals surface area contributed by atoms with Gasteiger partial charge in [0.2, 0.25) is 0 Å². The van der Waals surface area contributed by atoms with E-state index in [1.165, 1.54) is 11.3 Å². The fraction of sp³-hybridized carbons (Fsp3) is 0.0800. The Morgan fingerprint density at radius 2 is 1.87 bits per heavy atom. The first-order valence-electron chi connectivity index (χ1n) is 9.59. The Morgan fingerprint density at radius 3 is 2.61 bits per heavy atom. The van der Waals surface area contributed by atoms with Crippen molar-refractivity contribution < 1.29 is 9.47 Å². The molecule has 0 spiro atoms. The van der Waals surface area contributed by atoms with E-state index in [1.807, 2.05) is 66.0 Å². The number of allylic oxidation sites excluding steroid dienone is 1. The SMILES string of the molecule is COc1cc(/C=C(/C#N)c2nc(-c3ccncc3)cs2)ccc1OCc1ccccc1. The number of thiazole rings is 1. The van der Waals surface area contributed by atoms with Gasteiger partial charge in [-0.2, -0.15) is 5.26 Å². The van der Waals surface area contributed by atoms with Crippen molar-refractivity contribution in [2.75, 3.05) is 7.11 Å². The zero-order valence-electron chi connectivity index (χ0n) is 16.9. The maximum Gasteiger partial charge on any atom is 0.161 e. The summed E-state index contributed by atoms with van der Waals surface area (Å²) in [6.45, 7) is 0.451. The molecule has 0 bridgehead atoms. The first kappa shape index (κ1) is 20.3. The lowest BCUT2D eigenvalue weighted by Gasteiger charge is -2.11. The minimum atomic E-state index is 0.451. The number of hydrogen-bond donors (Lipinski definition) is 0. The predicted molar refractivity (Wildman–Crippen MR) is 123 cm³/mol. The van der Waals surface area contributed by atoms with Gasteiger partial charge in [0.05, 0.1) is 18.4 Å². The quantitative estimate of drug-likeness (QED) is 0.347. The number of pyridine rings is 1. The molecule has 2 aromatic heterocycles. The van der Waals surface area contributed by atoms with Crippen molar-refractivity contribution in [3.8, 4) is 28.8 Å². The summed E-state index contributed by atoms with van der Waals surface area (Å²) in [4.78, 5) is 8.64. The third kappa shape index (κ3) is 4.97. The van der Waals surface area contributed by atoms with E-state index in [1.54, 1.807) is 25.6 Å². The van der Waals surface area contributed by atoms with Crippen LogP contribution in [0.2, 0.25) is 0 Å². The van der Waals surface area contributed by atoms with Crippen LogP contribution in [-0.2, 0) is 6.61 Å². The summed E-state index contributed by atoms with van der Waals surface area (Å²) < 4.78 is 11.4. The standard InChI is InChI=1S/C25H19N3O2S/c1-29-24-14-19(7-8-23(24)30-16-18-5-3-2-4-6-18)13-21(15-26)25-28-22(17-31-25)20-9-11-27-12-10-20/h2-14,17H,16H2,1H3/b21-13-. The number of rotatable bonds is 7. The van der Waals surface area contributed by atoms with Crippen LogP contribution < -0.4 is 9.47 Å². The number of aromatic nitrogens is 2. The molecule has 2 aromatic carbocycles. The second kappa shape index (κ2) is 9.70. The fourth-order valence-corrected chi connectivity index (χ4v) is 3.78. The average molecular weight is 426 g/mol. The number of nitriles is 1. The highest BCUT2D eigenvalue weighted by Gasteiger charge is 2.11. The van der Waals surface area contributed by atoms with Gasteiger partial charge in [-0.1, -0.05) is 36.4 Å². The largest absolute Gasteiger partial charge is 0.493 e. The molecule has 0 atom stereocenters. The molecule has 0 unspecified atom stereocenters. The first-order valence-corrected chi connectivity index (χ1v) is 10.5. The summed E-state index contributed by atoms with van der Waals surface area (Å²) in [5.74, 6) is 1.26. The lowest BCUT2D eigenvalue weighted by atomic mass is 10.1. The Labute approximate surface area is 184 Å². The Hall–Kier alpha value is -3.95.